The zero-order valence-corrected chi connectivity index (χ0v) is 15.4. The molecule has 126 valence electrons. The van der Waals surface area contributed by atoms with E-state index in [9.17, 15) is 0 Å². The predicted octanol–water partition coefficient (Wildman–Crippen LogP) is 4.94. The number of hydrogen-bond donors (Lipinski definition) is 4. The number of hydrogen-bond acceptors (Lipinski definition) is 5. The average molecular weight is 359 g/mol. The Morgan fingerprint density at radius 2 is 1.67 bits per heavy atom. The van der Waals surface area contributed by atoms with Crippen molar-refractivity contribution in [3.63, 3.8) is 0 Å². The molecule has 0 spiro atoms. The lowest BCUT2D eigenvalue weighted by Crippen LogP contribution is -2.20. The van der Waals surface area contributed by atoms with E-state index in [2.05, 4.69) is 23.9 Å². The van der Waals surface area contributed by atoms with Crippen molar-refractivity contribution in [2.45, 2.75) is 25.6 Å². The van der Waals surface area contributed by atoms with Crippen LogP contribution < -0.4 is 10.0 Å². The lowest BCUT2D eigenvalue weighted by molar-refractivity contribution is 0.923. The van der Waals surface area contributed by atoms with Crippen LogP contribution in [-0.4, -0.2) is 15.5 Å². The normalized spacial score (nSPS) is 10.5. The van der Waals surface area contributed by atoms with Gasteiger partial charge in [-0.1, -0.05) is 56.3 Å². The van der Waals surface area contributed by atoms with Crippen molar-refractivity contribution < 1.29 is 0 Å². The Morgan fingerprint density at radius 1 is 1.00 bits per heavy atom. The average Bonchev–Trinajstić information content (AvgIpc) is 2.59. The van der Waals surface area contributed by atoms with E-state index < -0.39 is 0 Å². The summed E-state index contributed by atoms with van der Waals surface area (Å²) in [6.45, 7) is 4.87. The molecule has 0 bridgehead atoms. The lowest BCUT2D eigenvalue weighted by atomic mass is 10.2. The molecule has 0 saturated heterocycles. The monoisotopic (exact) mass is 358 g/mol. The molecule has 0 atom stereocenters. The number of rotatable bonds is 6. The van der Waals surface area contributed by atoms with Gasteiger partial charge in [-0.3, -0.25) is 10.8 Å². The van der Waals surface area contributed by atoms with Crippen molar-refractivity contribution in [1.82, 2.24) is 5.32 Å². The molecule has 0 fully saturated rings. The molecule has 0 saturated carbocycles. The van der Waals surface area contributed by atoms with Gasteiger partial charge in [-0.15, -0.1) is 0 Å². The standard InChI is InChI=1S/C18H22N4S2/c1-13(2)24-22-16-10-8-14(9-11-16)12-21-18(20)23-17(19)15-6-4-3-5-7-15/h3-11,13,19,22H,12H2,1-2H3,(H2,20,21). The van der Waals surface area contributed by atoms with Gasteiger partial charge in [-0.25, -0.2) is 0 Å². The molecular formula is C18H22N4S2. The van der Waals surface area contributed by atoms with E-state index in [1.807, 2.05) is 54.6 Å². The number of thioether (sulfide) groups is 1. The molecule has 0 unspecified atom stereocenters. The van der Waals surface area contributed by atoms with Crippen molar-refractivity contribution in [1.29, 1.82) is 10.8 Å². The van der Waals surface area contributed by atoms with E-state index in [0.29, 0.717) is 16.8 Å². The Labute approximate surface area is 152 Å². The molecule has 24 heavy (non-hydrogen) atoms. The highest BCUT2D eigenvalue weighted by Gasteiger charge is 2.06. The molecule has 0 aliphatic heterocycles. The first-order valence-corrected chi connectivity index (χ1v) is 9.39. The maximum absolute atomic E-state index is 8.02. The number of amidine groups is 1. The second kappa shape index (κ2) is 9.39. The summed E-state index contributed by atoms with van der Waals surface area (Å²) in [7, 11) is 0. The van der Waals surface area contributed by atoms with Crippen molar-refractivity contribution in [2.24, 2.45) is 0 Å². The molecule has 2 rings (SSSR count). The topological polar surface area (TPSA) is 71.8 Å². The summed E-state index contributed by atoms with van der Waals surface area (Å²) in [5, 5.41) is 20.2. The van der Waals surface area contributed by atoms with Crippen LogP contribution in [0.25, 0.3) is 0 Å². The van der Waals surface area contributed by atoms with Crippen LogP contribution in [0.2, 0.25) is 0 Å². The highest BCUT2D eigenvalue weighted by molar-refractivity contribution is 8.26. The highest BCUT2D eigenvalue weighted by atomic mass is 32.2. The zero-order chi connectivity index (χ0) is 17.4. The molecule has 2 aromatic carbocycles. The molecule has 6 heteroatoms. The van der Waals surface area contributed by atoms with E-state index in [1.54, 1.807) is 11.9 Å². The summed E-state index contributed by atoms with van der Waals surface area (Å²) in [5.74, 6) is 0. The molecule has 0 amide bonds. The van der Waals surface area contributed by atoms with Gasteiger partial charge in [0.1, 0.15) is 5.04 Å². The summed E-state index contributed by atoms with van der Waals surface area (Å²) in [6.07, 6.45) is 0. The van der Waals surface area contributed by atoms with Gasteiger partial charge in [0.05, 0.1) is 0 Å². The maximum Gasteiger partial charge on any atom is 0.160 e. The number of benzene rings is 2. The van der Waals surface area contributed by atoms with Crippen molar-refractivity contribution in [3.05, 3.63) is 65.7 Å². The van der Waals surface area contributed by atoms with E-state index in [4.69, 9.17) is 10.8 Å². The van der Waals surface area contributed by atoms with Gasteiger partial charge >= 0.3 is 0 Å². The molecule has 0 aliphatic carbocycles. The van der Waals surface area contributed by atoms with Gasteiger partial charge in [0.15, 0.2) is 5.17 Å². The molecule has 0 aromatic heterocycles. The first-order valence-electron chi connectivity index (χ1n) is 7.69. The van der Waals surface area contributed by atoms with Gasteiger partial charge < -0.3 is 10.0 Å². The minimum atomic E-state index is 0.279. The molecule has 2 aromatic rings. The third-order valence-electron chi connectivity index (χ3n) is 3.06. The van der Waals surface area contributed by atoms with E-state index in [1.165, 1.54) is 0 Å². The van der Waals surface area contributed by atoms with Crippen molar-refractivity contribution >= 4 is 39.6 Å². The number of nitrogens with one attached hydrogen (secondary N) is 4. The fraction of sp³-hybridized carbons (Fsp3) is 0.222. The largest absolute Gasteiger partial charge is 0.361 e. The smallest absolute Gasteiger partial charge is 0.160 e. The summed E-state index contributed by atoms with van der Waals surface area (Å²) in [6, 6.07) is 17.6. The second-order valence-electron chi connectivity index (χ2n) is 5.45. The minimum absolute atomic E-state index is 0.279. The SMILES string of the molecule is CC(C)SNc1ccc(CNC(=N)SC(=N)c2ccccc2)cc1. The van der Waals surface area contributed by atoms with Gasteiger partial charge in [0.25, 0.3) is 0 Å². The van der Waals surface area contributed by atoms with Crippen LogP contribution in [0.3, 0.4) is 0 Å². The van der Waals surface area contributed by atoms with Gasteiger partial charge in [-0.2, -0.15) is 0 Å². The van der Waals surface area contributed by atoms with Crippen LogP contribution in [0.1, 0.15) is 25.0 Å². The molecule has 0 aliphatic rings. The Kier molecular flexibility index (Phi) is 7.21. The summed E-state index contributed by atoms with van der Waals surface area (Å²) in [4.78, 5) is 0. The molecule has 0 heterocycles. The van der Waals surface area contributed by atoms with Crippen molar-refractivity contribution in [2.75, 3.05) is 4.72 Å². The van der Waals surface area contributed by atoms with Crippen molar-refractivity contribution in [3.8, 4) is 0 Å². The van der Waals surface area contributed by atoms with Gasteiger partial charge in [0, 0.05) is 23.0 Å². The first-order chi connectivity index (χ1) is 11.5. The first kappa shape index (κ1) is 18.4. The fourth-order valence-electron chi connectivity index (χ4n) is 1.85. The maximum atomic E-state index is 8.02. The third kappa shape index (κ3) is 6.29. The summed E-state index contributed by atoms with van der Waals surface area (Å²) < 4.78 is 3.30. The second-order valence-corrected chi connectivity index (χ2v) is 7.85. The summed E-state index contributed by atoms with van der Waals surface area (Å²) in [5.41, 5.74) is 3.01. The molecule has 4 nitrogen and oxygen atoms in total. The van der Waals surface area contributed by atoms with Crippen LogP contribution >= 0.6 is 23.7 Å². The predicted molar refractivity (Wildman–Crippen MR) is 108 cm³/mol. The van der Waals surface area contributed by atoms with Crippen LogP contribution in [0.15, 0.2) is 54.6 Å². The Balaban J connectivity index is 1.78. The lowest BCUT2D eigenvalue weighted by Gasteiger charge is -2.10. The van der Waals surface area contributed by atoms with Crippen LogP contribution in [0.5, 0.6) is 0 Å². The Morgan fingerprint density at radius 3 is 2.29 bits per heavy atom. The highest BCUT2D eigenvalue weighted by Crippen LogP contribution is 2.17. The Hall–Kier alpha value is -1.92. The summed E-state index contributed by atoms with van der Waals surface area (Å²) >= 11 is 2.81. The van der Waals surface area contributed by atoms with E-state index in [0.717, 1.165) is 28.6 Å². The molecule has 0 radical (unpaired) electrons. The zero-order valence-electron chi connectivity index (χ0n) is 13.8. The molecule has 4 N–H and O–H groups in total. The van der Waals surface area contributed by atoms with Crippen LogP contribution in [0.4, 0.5) is 5.69 Å². The molecular weight excluding hydrogens is 336 g/mol. The van der Waals surface area contributed by atoms with Crippen LogP contribution in [0, 0.1) is 10.8 Å². The van der Waals surface area contributed by atoms with Gasteiger partial charge in [-0.05, 0) is 41.4 Å². The van der Waals surface area contributed by atoms with E-state index >= 15 is 0 Å². The fourth-order valence-corrected chi connectivity index (χ4v) is 2.96. The Bertz CT molecular complexity index is 669. The van der Waals surface area contributed by atoms with Gasteiger partial charge in [0.2, 0.25) is 0 Å². The third-order valence-corrected chi connectivity index (χ3v) is 4.67. The number of anilines is 1. The van der Waals surface area contributed by atoms with Crippen LogP contribution in [-0.2, 0) is 6.54 Å². The quantitative estimate of drug-likeness (QED) is 0.335. The minimum Gasteiger partial charge on any atom is -0.361 e. The van der Waals surface area contributed by atoms with E-state index in [-0.39, 0.29) is 5.17 Å².